The first-order chi connectivity index (χ1) is 16.0. The third-order valence-corrected chi connectivity index (χ3v) is 7.25. The second kappa shape index (κ2) is 10.5. The Hall–Kier alpha value is -2.66. The Morgan fingerprint density at radius 3 is 2.42 bits per heavy atom. The van der Waals surface area contributed by atoms with Crippen molar-refractivity contribution in [1.82, 2.24) is 9.80 Å². The summed E-state index contributed by atoms with van der Waals surface area (Å²) in [7, 11) is 1.41. The zero-order valence-corrected chi connectivity index (χ0v) is 20.1. The van der Waals surface area contributed by atoms with Crippen LogP contribution in [0.3, 0.4) is 0 Å². The van der Waals surface area contributed by atoms with Gasteiger partial charge in [0.15, 0.2) is 0 Å². The second-order valence-electron chi connectivity index (χ2n) is 9.73. The van der Waals surface area contributed by atoms with Gasteiger partial charge in [-0.3, -0.25) is 4.79 Å². The molecule has 2 aliphatic heterocycles. The minimum atomic E-state index is -0.309. The van der Waals surface area contributed by atoms with Gasteiger partial charge in [-0.1, -0.05) is 50.2 Å². The number of amides is 1. The molecule has 1 atom stereocenters. The number of carbonyl (C=O) groups is 2. The molecule has 0 bridgehead atoms. The number of nitrogens with zero attached hydrogens (tertiary/aromatic N) is 2. The lowest BCUT2D eigenvalue weighted by Gasteiger charge is -2.42. The zero-order chi connectivity index (χ0) is 23.4. The normalized spacial score (nSPS) is 19.4. The van der Waals surface area contributed by atoms with E-state index >= 15 is 0 Å². The molecule has 2 aromatic carbocycles. The number of fused-ring (bicyclic) bond motifs is 1. The summed E-state index contributed by atoms with van der Waals surface area (Å²) >= 11 is 0. The Labute approximate surface area is 197 Å². The highest BCUT2D eigenvalue weighted by Crippen LogP contribution is 2.37. The summed E-state index contributed by atoms with van der Waals surface area (Å²) in [6.45, 7) is 8.11. The van der Waals surface area contributed by atoms with Crippen LogP contribution in [0.1, 0.15) is 59.8 Å². The number of esters is 1. The summed E-state index contributed by atoms with van der Waals surface area (Å²) < 4.78 is 4.88. The fourth-order valence-electron chi connectivity index (χ4n) is 5.44. The molecule has 2 heterocycles. The van der Waals surface area contributed by atoms with Gasteiger partial charge in [0.05, 0.1) is 18.7 Å². The summed E-state index contributed by atoms with van der Waals surface area (Å²) in [6, 6.07) is 16.5. The van der Waals surface area contributed by atoms with Crippen LogP contribution in [0.5, 0.6) is 0 Å². The Balaban J connectivity index is 1.39. The summed E-state index contributed by atoms with van der Waals surface area (Å²) in [5.74, 6) is 0.411. The van der Waals surface area contributed by atoms with Gasteiger partial charge in [-0.05, 0) is 73.5 Å². The van der Waals surface area contributed by atoms with E-state index in [0.29, 0.717) is 23.9 Å². The Bertz CT molecular complexity index is 964. The first kappa shape index (κ1) is 23.5. The molecule has 1 unspecified atom stereocenters. The first-order valence-electron chi connectivity index (χ1n) is 12.3. The summed E-state index contributed by atoms with van der Waals surface area (Å²) in [4.78, 5) is 30.2. The lowest BCUT2D eigenvalue weighted by atomic mass is 9.83. The fraction of sp³-hybridized carbons (Fsp3) is 0.500. The van der Waals surface area contributed by atoms with Crippen LogP contribution < -0.4 is 0 Å². The Morgan fingerprint density at radius 2 is 1.76 bits per heavy atom. The molecule has 0 saturated carbocycles. The van der Waals surface area contributed by atoms with Crippen molar-refractivity contribution in [2.45, 2.75) is 45.6 Å². The van der Waals surface area contributed by atoms with Gasteiger partial charge >= 0.3 is 5.97 Å². The van der Waals surface area contributed by atoms with Gasteiger partial charge < -0.3 is 14.5 Å². The molecule has 2 aromatic rings. The lowest BCUT2D eigenvalue weighted by molar-refractivity contribution is -0.141. The Kier molecular flexibility index (Phi) is 7.49. The predicted molar refractivity (Wildman–Crippen MR) is 130 cm³/mol. The number of hydrogen-bond acceptors (Lipinski definition) is 4. The van der Waals surface area contributed by atoms with Gasteiger partial charge in [0.2, 0.25) is 5.91 Å². The third-order valence-electron chi connectivity index (χ3n) is 7.25. The van der Waals surface area contributed by atoms with E-state index in [-0.39, 0.29) is 17.9 Å². The number of piperidine rings is 1. The molecular weight excluding hydrogens is 412 g/mol. The van der Waals surface area contributed by atoms with Gasteiger partial charge in [0.1, 0.15) is 0 Å². The minimum absolute atomic E-state index is 0.0593. The predicted octanol–water partition coefficient (Wildman–Crippen LogP) is 4.51. The molecule has 2 aliphatic rings. The van der Waals surface area contributed by atoms with Crippen LogP contribution in [-0.2, 0) is 22.4 Å². The number of ether oxygens (including phenoxy) is 1. The van der Waals surface area contributed by atoms with Crippen LogP contribution in [0, 0.1) is 11.8 Å². The van der Waals surface area contributed by atoms with Crippen molar-refractivity contribution < 1.29 is 14.3 Å². The van der Waals surface area contributed by atoms with Crippen LogP contribution in [0.2, 0.25) is 0 Å². The number of likely N-dealkylation sites (tertiary alicyclic amines) is 1. The van der Waals surface area contributed by atoms with Gasteiger partial charge in [0.25, 0.3) is 0 Å². The molecule has 0 radical (unpaired) electrons. The minimum Gasteiger partial charge on any atom is -0.465 e. The molecular formula is C28H36N2O3. The van der Waals surface area contributed by atoms with E-state index in [2.05, 4.69) is 54.0 Å². The largest absolute Gasteiger partial charge is 0.465 e. The maximum atomic E-state index is 13.6. The highest BCUT2D eigenvalue weighted by Gasteiger charge is 2.37. The molecule has 0 aromatic heterocycles. The highest BCUT2D eigenvalue weighted by atomic mass is 16.5. The molecule has 1 amide bonds. The summed E-state index contributed by atoms with van der Waals surface area (Å²) in [6.07, 6.45) is 3.71. The van der Waals surface area contributed by atoms with E-state index in [1.54, 1.807) is 0 Å². The maximum absolute atomic E-state index is 13.6. The number of rotatable bonds is 6. The molecule has 4 rings (SSSR count). The number of benzene rings is 2. The first-order valence-corrected chi connectivity index (χ1v) is 12.3. The van der Waals surface area contributed by atoms with Crippen LogP contribution in [-0.4, -0.2) is 55.0 Å². The number of hydrogen-bond donors (Lipinski definition) is 0. The van der Waals surface area contributed by atoms with Crippen LogP contribution >= 0.6 is 0 Å². The van der Waals surface area contributed by atoms with E-state index in [1.165, 1.54) is 18.2 Å². The standard InChI is InChI=1S/C28H36N2O3/c1-20(2)26-25-10-9-24(28(32)33-3)19-23(25)14-18-30(26)27(31)22-12-16-29(17-13-22)15-11-21-7-5-4-6-8-21/h4-10,19-20,22,26H,11-18H2,1-3H3. The zero-order valence-electron chi connectivity index (χ0n) is 20.1. The van der Waals surface area contributed by atoms with E-state index in [0.717, 1.165) is 50.9 Å². The van der Waals surface area contributed by atoms with Crippen molar-refractivity contribution in [3.8, 4) is 0 Å². The second-order valence-corrected chi connectivity index (χ2v) is 9.73. The molecule has 1 fully saturated rings. The lowest BCUT2D eigenvalue weighted by Crippen LogP contribution is -2.47. The van der Waals surface area contributed by atoms with E-state index in [9.17, 15) is 9.59 Å². The highest BCUT2D eigenvalue weighted by molar-refractivity contribution is 5.89. The van der Waals surface area contributed by atoms with E-state index in [4.69, 9.17) is 4.74 Å². The van der Waals surface area contributed by atoms with Crippen molar-refractivity contribution >= 4 is 11.9 Å². The molecule has 176 valence electrons. The topological polar surface area (TPSA) is 49.9 Å². The monoisotopic (exact) mass is 448 g/mol. The van der Waals surface area contributed by atoms with Crippen molar-refractivity contribution in [1.29, 1.82) is 0 Å². The molecule has 5 nitrogen and oxygen atoms in total. The Morgan fingerprint density at radius 1 is 1.03 bits per heavy atom. The van der Waals surface area contributed by atoms with Gasteiger partial charge in [0, 0.05) is 19.0 Å². The molecule has 0 aliphatic carbocycles. The van der Waals surface area contributed by atoms with Crippen LogP contribution in [0.4, 0.5) is 0 Å². The molecule has 5 heteroatoms. The number of methoxy groups -OCH3 is 1. The van der Waals surface area contributed by atoms with Crippen molar-refractivity contribution in [3.05, 3.63) is 70.8 Å². The maximum Gasteiger partial charge on any atom is 0.337 e. The van der Waals surface area contributed by atoms with Crippen LogP contribution in [0.15, 0.2) is 48.5 Å². The van der Waals surface area contributed by atoms with Gasteiger partial charge in [-0.25, -0.2) is 4.79 Å². The van der Waals surface area contributed by atoms with E-state index in [1.807, 2.05) is 18.2 Å². The van der Waals surface area contributed by atoms with Crippen molar-refractivity contribution in [2.75, 3.05) is 33.3 Å². The average molecular weight is 449 g/mol. The smallest absolute Gasteiger partial charge is 0.337 e. The average Bonchev–Trinajstić information content (AvgIpc) is 2.86. The quantitative estimate of drug-likeness (QED) is 0.610. The number of carbonyl (C=O) groups excluding carboxylic acids is 2. The van der Waals surface area contributed by atoms with Gasteiger partial charge in [-0.15, -0.1) is 0 Å². The SMILES string of the molecule is COC(=O)c1ccc2c(c1)CCN(C(=O)C1CCN(CCc3ccccc3)CC1)C2C(C)C. The van der Waals surface area contributed by atoms with Crippen molar-refractivity contribution in [2.24, 2.45) is 11.8 Å². The third kappa shape index (κ3) is 5.30. The summed E-state index contributed by atoms with van der Waals surface area (Å²) in [5, 5.41) is 0. The fourth-order valence-corrected chi connectivity index (χ4v) is 5.44. The van der Waals surface area contributed by atoms with E-state index < -0.39 is 0 Å². The molecule has 0 N–H and O–H groups in total. The molecule has 33 heavy (non-hydrogen) atoms. The molecule has 1 saturated heterocycles. The van der Waals surface area contributed by atoms with Gasteiger partial charge in [-0.2, -0.15) is 0 Å². The van der Waals surface area contributed by atoms with Crippen LogP contribution in [0.25, 0.3) is 0 Å². The van der Waals surface area contributed by atoms with Crippen molar-refractivity contribution in [3.63, 3.8) is 0 Å². The molecule has 0 spiro atoms. The summed E-state index contributed by atoms with van der Waals surface area (Å²) in [5.41, 5.74) is 4.30.